The Hall–Kier alpha value is -0.370. The maximum atomic E-state index is 11.5. The summed E-state index contributed by atoms with van der Waals surface area (Å²) in [4.78, 5) is 11.5. The third kappa shape index (κ3) is 3.30. The van der Waals surface area contributed by atoms with E-state index in [4.69, 9.17) is 4.74 Å². The molecule has 0 spiro atoms. The molecular formula is C13H24O2. The predicted molar refractivity (Wildman–Crippen MR) is 61.9 cm³/mol. The molecule has 88 valence electrons. The van der Waals surface area contributed by atoms with Crippen LogP contribution in [0, 0.1) is 5.41 Å². The van der Waals surface area contributed by atoms with Crippen LogP contribution in [-0.4, -0.2) is 17.5 Å². The number of ketones is 1. The molecule has 1 rings (SSSR count). The summed E-state index contributed by atoms with van der Waals surface area (Å²) < 4.78 is 6.09. The van der Waals surface area contributed by atoms with Gasteiger partial charge in [-0.3, -0.25) is 4.79 Å². The Morgan fingerprint density at radius 3 is 2.60 bits per heavy atom. The number of rotatable bonds is 3. The first-order chi connectivity index (χ1) is 6.77. The van der Waals surface area contributed by atoms with E-state index in [1.165, 1.54) is 0 Å². The number of hydrogen-bond acceptors (Lipinski definition) is 2. The molecule has 15 heavy (non-hydrogen) atoms. The zero-order chi connectivity index (χ0) is 11.7. The van der Waals surface area contributed by atoms with Crippen LogP contribution in [0.15, 0.2) is 0 Å². The molecule has 1 unspecified atom stereocenters. The topological polar surface area (TPSA) is 26.3 Å². The Morgan fingerprint density at radius 2 is 2.07 bits per heavy atom. The number of Topliss-reactive ketones (excluding diaryl/α,β-unsaturated/α-hetero) is 1. The van der Waals surface area contributed by atoms with Gasteiger partial charge < -0.3 is 4.74 Å². The lowest BCUT2D eigenvalue weighted by molar-refractivity contribution is -0.151. The van der Waals surface area contributed by atoms with Crippen molar-refractivity contribution in [2.45, 2.75) is 72.0 Å². The first-order valence-corrected chi connectivity index (χ1v) is 5.96. The molecule has 0 radical (unpaired) electrons. The SMILES string of the molecule is CCC(C)(C)OC1CC(=O)CCC1(C)C. The summed E-state index contributed by atoms with van der Waals surface area (Å²) in [7, 11) is 0. The Balaban J connectivity index is 2.69. The van der Waals surface area contributed by atoms with E-state index >= 15 is 0 Å². The van der Waals surface area contributed by atoms with Crippen LogP contribution in [0.4, 0.5) is 0 Å². The molecule has 0 amide bonds. The second-order valence-corrected chi connectivity index (χ2v) is 5.95. The van der Waals surface area contributed by atoms with Gasteiger partial charge in [-0.05, 0) is 32.1 Å². The van der Waals surface area contributed by atoms with Crippen molar-refractivity contribution in [1.82, 2.24) is 0 Å². The average molecular weight is 212 g/mol. The largest absolute Gasteiger partial charge is 0.371 e. The highest BCUT2D eigenvalue weighted by molar-refractivity contribution is 5.80. The first kappa shape index (κ1) is 12.7. The van der Waals surface area contributed by atoms with Gasteiger partial charge in [0.05, 0.1) is 11.7 Å². The van der Waals surface area contributed by atoms with E-state index in [0.29, 0.717) is 12.2 Å². The highest BCUT2D eigenvalue weighted by Gasteiger charge is 2.39. The number of carbonyl (C=O) groups is 1. The molecule has 0 N–H and O–H groups in total. The van der Waals surface area contributed by atoms with Crippen LogP contribution in [0.25, 0.3) is 0 Å². The van der Waals surface area contributed by atoms with Gasteiger partial charge >= 0.3 is 0 Å². The highest BCUT2D eigenvalue weighted by Crippen LogP contribution is 2.38. The fourth-order valence-electron chi connectivity index (χ4n) is 1.88. The molecule has 0 bridgehead atoms. The van der Waals surface area contributed by atoms with Gasteiger partial charge in [0.1, 0.15) is 5.78 Å². The summed E-state index contributed by atoms with van der Waals surface area (Å²) in [6.07, 6.45) is 3.34. The van der Waals surface area contributed by atoms with E-state index in [2.05, 4.69) is 34.6 Å². The predicted octanol–water partition coefficient (Wildman–Crippen LogP) is 3.34. The Kier molecular flexibility index (Phi) is 3.59. The molecule has 1 saturated carbocycles. The molecule has 0 aromatic heterocycles. The smallest absolute Gasteiger partial charge is 0.135 e. The second kappa shape index (κ2) is 4.25. The average Bonchev–Trinajstić information content (AvgIpc) is 2.12. The molecule has 0 aromatic carbocycles. The zero-order valence-electron chi connectivity index (χ0n) is 10.7. The van der Waals surface area contributed by atoms with Crippen LogP contribution in [0.3, 0.4) is 0 Å². The highest BCUT2D eigenvalue weighted by atomic mass is 16.5. The molecule has 1 aliphatic rings. The van der Waals surface area contributed by atoms with E-state index < -0.39 is 0 Å². The monoisotopic (exact) mass is 212 g/mol. The summed E-state index contributed by atoms with van der Waals surface area (Å²) in [6.45, 7) is 10.7. The van der Waals surface area contributed by atoms with Gasteiger partial charge in [-0.25, -0.2) is 0 Å². The van der Waals surface area contributed by atoms with Crippen molar-refractivity contribution < 1.29 is 9.53 Å². The van der Waals surface area contributed by atoms with Gasteiger partial charge in [0.15, 0.2) is 0 Å². The van der Waals surface area contributed by atoms with Crippen molar-refractivity contribution in [2.75, 3.05) is 0 Å². The quantitative estimate of drug-likeness (QED) is 0.717. The van der Waals surface area contributed by atoms with Gasteiger partial charge in [-0.15, -0.1) is 0 Å². The van der Waals surface area contributed by atoms with E-state index in [0.717, 1.165) is 19.3 Å². The van der Waals surface area contributed by atoms with Gasteiger partial charge in [0.2, 0.25) is 0 Å². The van der Waals surface area contributed by atoms with Crippen LogP contribution >= 0.6 is 0 Å². The molecular weight excluding hydrogens is 188 g/mol. The maximum Gasteiger partial charge on any atom is 0.135 e. The fraction of sp³-hybridized carbons (Fsp3) is 0.923. The Bertz CT molecular complexity index is 241. The lowest BCUT2D eigenvalue weighted by Gasteiger charge is -2.42. The first-order valence-electron chi connectivity index (χ1n) is 5.96. The number of carbonyl (C=O) groups excluding carboxylic acids is 1. The van der Waals surface area contributed by atoms with E-state index in [1.54, 1.807) is 0 Å². The normalized spacial score (nSPS) is 26.7. The molecule has 2 heteroatoms. The molecule has 2 nitrogen and oxygen atoms in total. The van der Waals surface area contributed by atoms with Gasteiger partial charge in [0, 0.05) is 12.8 Å². The molecule has 1 fully saturated rings. The summed E-state index contributed by atoms with van der Waals surface area (Å²) in [5.41, 5.74) is 0.0277. The Labute approximate surface area is 93.4 Å². The molecule has 1 aliphatic carbocycles. The molecule has 0 heterocycles. The third-order valence-corrected chi connectivity index (χ3v) is 3.65. The number of ether oxygens (including phenoxy) is 1. The van der Waals surface area contributed by atoms with Crippen molar-refractivity contribution in [3.8, 4) is 0 Å². The van der Waals surface area contributed by atoms with Gasteiger partial charge in [0.25, 0.3) is 0 Å². The summed E-state index contributed by atoms with van der Waals surface area (Å²) >= 11 is 0. The second-order valence-electron chi connectivity index (χ2n) is 5.95. The summed E-state index contributed by atoms with van der Waals surface area (Å²) in [5.74, 6) is 0.353. The minimum Gasteiger partial charge on any atom is -0.371 e. The summed E-state index contributed by atoms with van der Waals surface area (Å²) in [5, 5.41) is 0. The minimum absolute atomic E-state index is 0.0914. The maximum absolute atomic E-state index is 11.5. The van der Waals surface area contributed by atoms with Crippen molar-refractivity contribution in [3.05, 3.63) is 0 Å². The van der Waals surface area contributed by atoms with E-state index in [-0.39, 0.29) is 17.1 Å². The Morgan fingerprint density at radius 1 is 1.47 bits per heavy atom. The molecule has 0 saturated heterocycles. The van der Waals surface area contributed by atoms with Crippen LogP contribution in [-0.2, 0) is 9.53 Å². The third-order valence-electron chi connectivity index (χ3n) is 3.65. The molecule has 0 aliphatic heterocycles. The standard InChI is InChI=1S/C13H24O2/c1-6-13(4,5)15-11-9-10(14)7-8-12(11,2)3/h11H,6-9H2,1-5H3. The van der Waals surface area contributed by atoms with Crippen LogP contribution < -0.4 is 0 Å². The lowest BCUT2D eigenvalue weighted by atomic mass is 9.74. The van der Waals surface area contributed by atoms with E-state index in [1.807, 2.05) is 0 Å². The van der Waals surface area contributed by atoms with Crippen LogP contribution in [0.1, 0.15) is 60.3 Å². The van der Waals surface area contributed by atoms with E-state index in [9.17, 15) is 4.79 Å². The van der Waals surface area contributed by atoms with Gasteiger partial charge in [-0.2, -0.15) is 0 Å². The summed E-state index contributed by atoms with van der Waals surface area (Å²) in [6, 6.07) is 0. The lowest BCUT2D eigenvalue weighted by Crippen LogP contribution is -2.43. The van der Waals surface area contributed by atoms with Gasteiger partial charge in [-0.1, -0.05) is 20.8 Å². The zero-order valence-corrected chi connectivity index (χ0v) is 10.7. The number of hydrogen-bond donors (Lipinski definition) is 0. The minimum atomic E-state index is -0.112. The molecule has 1 atom stereocenters. The van der Waals surface area contributed by atoms with Crippen molar-refractivity contribution in [1.29, 1.82) is 0 Å². The fourth-order valence-corrected chi connectivity index (χ4v) is 1.88. The van der Waals surface area contributed by atoms with Crippen molar-refractivity contribution in [2.24, 2.45) is 5.41 Å². The van der Waals surface area contributed by atoms with Crippen molar-refractivity contribution in [3.63, 3.8) is 0 Å². The van der Waals surface area contributed by atoms with Crippen molar-refractivity contribution >= 4 is 5.78 Å². The molecule has 0 aromatic rings. The van der Waals surface area contributed by atoms with Crippen LogP contribution in [0.5, 0.6) is 0 Å². The van der Waals surface area contributed by atoms with Crippen LogP contribution in [0.2, 0.25) is 0 Å².